The van der Waals surface area contributed by atoms with Crippen LogP contribution in [0.1, 0.15) is 76.1 Å². The number of hydrogen-bond donors (Lipinski definition) is 1. The van der Waals surface area contributed by atoms with E-state index >= 15 is 0 Å². The minimum atomic E-state index is -4.48. The SMILES string of the molecule is CC(Cc1ccccc1)c1cc(C(C)(C)CC(C)(C)C)cc(-n2nc3ccc(C(F)(F)F)cc3n2)c1O. The minimum Gasteiger partial charge on any atom is -0.505 e. The molecule has 1 unspecified atom stereocenters. The number of fused-ring (bicyclic) bond motifs is 1. The molecule has 0 fully saturated rings. The number of rotatable bonds is 6. The third-order valence-electron chi connectivity index (χ3n) is 6.71. The molecule has 4 rings (SSSR count). The fraction of sp³-hybridized carbons (Fsp3) is 0.400. The van der Waals surface area contributed by atoms with Gasteiger partial charge in [0.05, 0.1) is 5.56 Å². The molecule has 0 spiro atoms. The molecule has 0 saturated carbocycles. The lowest BCUT2D eigenvalue weighted by Gasteiger charge is -2.34. The lowest BCUT2D eigenvalue weighted by molar-refractivity contribution is -0.137. The molecule has 1 heterocycles. The number of phenolic OH excluding ortho intramolecular Hbond substituents is 1. The normalized spacial score (nSPS) is 13.8. The summed E-state index contributed by atoms with van der Waals surface area (Å²) in [5, 5.41) is 20.2. The molecule has 0 aliphatic heterocycles. The summed E-state index contributed by atoms with van der Waals surface area (Å²) in [5.41, 5.74) is 2.77. The minimum absolute atomic E-state index is 0.0200. The van der Waals surface area contributed by atoms with E-state index in [2.05, 4.69) is 69.9 Å². The molecule has 1 atom stereocenters. The first-order valence-electron chi connectivity index (χ1n) is 12.5. The van der Waals surface area contributed by atoms with Gasteiger partial charge in [-0.15, -0.1) is 15.0 Å². The lowest BCUT2D eigenvalue weighted by atomic mass is 9.71. The molecule has 196 valence electrons. The van der Waals surface area contributed by atoms with Gasteiger partial charge in [0.15, 0.2) is 0 Å². The van der Waals surface area contributed by atoms with E-state index < -0.39 is 11.7 Å². The van der Waals surface area contributed by atoms with Gasteiger partial charge in [-0.2, -0.15) is 13.2 Å². The van der Waals surface area contributed by atoms with Crippen molar-refractivity contribution < 1.29 is 18.3 Å². The van der Waals surface area contributed by atoms with Crippen molar-refractivity contribution in [2.45, 2.75) is 71.9 Å². The van der Waals surface area contributed by atoms with Crippen LogP contribution >= 0.6 is 0 Å². The molecule has 0 amide bonds. The van der Waals surface area contributed by atoms with E-state index in [1.165, 1.54) is 10.9 Å². The molecule has 4 aromatic rings. The highest BCUT2D eigenvalue weighted by Crippen LogP contribution is 2.42. The zero-order valence-electron chi connectivity index (χ0n) is 22.2. The summed E-state index contributed by atoms with van der Waals surface area (Å²) in [5.74, 6) is 0.0171. The van der Waals surface area contributed by atoms with Gasteiger partial charge in [0.1, 0.15) is 22.5 Å². The average molecular weight is 510 g/mol. The van der Waals surface area contributed by atoms with Crippen LogP contribution in [0, 0.1) is 5.41 Å². The Morgan fingerprint density at radius 3 is 2.11 bits per heavy atom. The third-order valence-corrected chi connectivity index (χ3v) is 6.71. The van der Waals surface area contributed by atoms with Crippen molar-refractivity contribution in [1.29, 1.82) is 0 Å². The van der Waals surface area contributed by atoms with E-state index in [0.29, 0.717) is 11.2 Å². The van der Waals surface area contributed by atoms with Gasteiger partial charge in [-0.3, -0.25) is 0 Å². The van der Waals surface area contributed by atoms with Crippen LogP contribution in [0.4, 0.5) is 13.2 Å². The van der Waals surface area contributed by atoms with Crippen LogP contribution < -0.4 is 0 Å². The Bertz CT molecular complexity index is 1400. The van der Waals surface area contributed by atoms with E-state index in [9.17, 15) is 18.3 Å². The van der Waals surface area contributed by atoms with Crippen molar-refractivity contribution in [2.24, 2.45) is 5.41 Å². The monoisotopic (exact) mass is 509 g/mol. The second-order valence-electron chi connectivity index (χ2n) is 11.8. The second-order valence-corrected chi connectivity index (χ2v) is 11.8. The zero-order chi connectivity index (χ0) is 27.2. The van der Waals surface area contributed by atoms with Gasteiger partial charge in [-0.1, -0.05) is 77.9 Å². The Labute approximate surface area is 216 Å². The Hall–Kier alpha value is -3.35. The Kier molecular flexibility index (Phi) is 6.86. The molecule has 1 N–H and O–H groups in total. The maximum Gasteiger partial charge on any atom is 0.416 e. The molecule has 0 bridgehead atoms. The standard InChI is InChI=1S/C30H34F3N3O/c1-19(14-20-10-8-7-9-11-20)23-15-22(29(5,6)18-28(2,3)4)17-26(27(23)37)36-34-24-13-12-21(30(31,32)33)16-25(24)35-36/h7-13,15-17,19,37H,14,18H2,1-6H3. The lowest BCUT2D eigenvalue weighted by Crippen LogP contribution is -2.25. The molecular formula is C30H34F3N3O. The van der Waals surface area contributed by atoms with Crippen molar-refractivity contribution in [3.63, 3.8) is 0 Å². The van der Waals surface area contributed by atoms with Crippen molar-refractivity contribution in [3.05, 3.63) is 82.9 Å². The summed E-state index contributed by atoms with van der Waals surface area (Å²) in [6.07, 6.45) is -2.86. The highest BCUT2D eigenvalue weighted by molar-refractivity contribution is 5.75. The fourth-order valence-corrected chi connectivity index (χ4v) is 5.26. The Morgan fingerprint density at radius 1 is 0.838 bits per heavy atom. The molecule has 0 saturated heterocycles. The third kappa shape index (κ3) is 5.97. The number of hydrogen-bond acceptors (Lipinski definition) is 3. The molecule has 0 aliphatic carbocycles. The fourth-order valence-electron chi connectivity index (χ4n) is 5.26. The van der Waals surface area contributed by atoms with Crippen LogP contribution in [-0.4, -0.2) is 20.1 Å². The topological polar surface area (TPSA) is 50.9 Å². The molecule has 4 nitrogen and oxygen atoms in total. The number of nitrogens with zero attached hydrogens (tertiary/aromatic N) is 3. The molecule has 1 aromatic heterocycles. The van der Waals surface area contributed by atoms with E-state index in [-0.39, 0.29) is 28.0 Å². The van der Waals surface area contributed by atoms with Gasteiger partial charge < -0.3 is 5.11 Å². The van der Waals surface area contributed by atoms with E-state index in [4.69, 9.17) is 0 Å². The van der Waals surface area contributed by atoms with E-state index in [1.54, 1.807) is 0 Å². The summed E-state index contributed by atoms with van der Waals surface area (Å²) in [7, 11) is 0. The maximum absolute atomic E-state index is 13.3. The number of alkyl halides is 3. The second kappa shape index (κ2) is 9.51. The summed E-state index contributed by atoms with van der Waals surface area (Å²) >= 11 is 0. The number of phenols is 1. The number of halogens is 3. The maximum atomic E-state index is 13.3. The summed E-state index contributed by atoms with van der Waals surface area (Å²) in [6, 6.07) is 17.3. The summed E-state index contributed by atoms with van der Waals surface area (Å²) in [6.45, 7) is 13.0. The number of aromatic nitrogens is 3. The van der Waals surface area contributed by atoms with Gasteiger partial charge in [-0.05, 0) is 70.5 Å². The van der Waals surface area contributed by atoms with Crippen LogP contribution in [0.3, 0.4) is 0 Å². The summed E-state index contributed by atoms with van der Waals surface area (Å²) < 4.78 is 39.8. The van der Waals surface area contributed by atoms with Crippen molar-refractivity contribution in [1.82, 2.24) is 15.0 Å². The van der Waals surface area contributed by atoms with Gasteiger partial charge in [0.25, 0.3) is 0 Å². The highest BCUT2D eigenvalue weighted by Gasteiger charge is 2.32. The average Bonchev–Trinajstić information content (AvgIpc) is 3.20. The highest BCUT2D eigenvalue weighted by atomic mass is 19.4. The smallest absolute Gasteiger partial charge is 0.416 e. The molecule has 37 heavy (non-hydrogen) atoms. The van der Waals surface area contributed by atoms with Gasteiger partial charge in [0, 0.05) is 0 Å². The summed E-state index contributed by atoms with van der Waals surface area (Å²) in [4.78, 5) is 1.26. The number of aromatic hydroxyl groups is 1. The van der Waals surface area contributed by atoms with Crippen LogP contribution in [0.15, 0.2) is 60.7 Å². The van der Waals surface area contributed by atoms with Gasteiger partial charge >= 0.3 is 6.18 Å². The first-order valence-corrected chi connectivity index (χ1v) is 12.5. The Morgan fingerprint density at radius 2 is 1.49 bits per heavy atom. The van der Waals surface area contributed by atoms with E-state index in [0.717, 1.165) is 41.7 Å². The Balaban J connectivity index is 1.86. The zero-order valence-corrected chi connectivity index (χ0v) is 22.2. The van der Waals surface area contributed by atoms with Crippen LogP contribution in [0.5, 0.6) is 5.75 Å². The number of benzene rings is 3. The first kappa shape index (κ1) is 26.7. The molecular weight excluding hydrogens is 475 g/mol. The predicted octanol–water partition coefficient (Wildman–Crippen LogP) is 8.20. The van der Waals surface area contributed by atoms with Gasteiger partial charge in [0.2, 0.25) is 0 Å². The quantitative estimate of drug-likeness (QED) is 0.285. The largest absolute Gasteiger partial charge is 0.505 e. The molecule has 0 radical (unpaired) electrons. The molecule has 3 aromatic carbocycles. The molecule has 7 heteroatoms. The van der Waals surface area contributed by atoms with E-state index in [1.807, 2.05) is 24.3 Å². The van der Waals surface area contributed by atoms with Crippen molar-refractivity contribution in [2.75, 3.05) is 0 Å². The predicted molar refractivity (Wildman–Crippen MR) is 141 cm³/mol. The van der Waals surface area contributed by atoms with Crippen LogP contribution in [-0.2, 0) is 18.0 Å². The van der Waals surface area contributed by atoms with Gasteiger partial charge in [-0.25, -0.2) is 0 Å². The van der Waals surface area contributed by atoms with Crippen LogP contribution in [0.2, 0.25) is 0 Å². The van der Waals surface area contributed by atoms with Crippen molar-refractivity contribution >= 4 is 11.0 Å². The first-order chi connectivity index (χ1) is 17.1. The van der Waals surface area contributed by atoms with Crippen molar-refractivity contribution in [3.8, 4) is 11.4 Å². The molecule has 0 aliphatic rings. The van der Waals surface area contributed by atoms with Crippen LogP contribution in [0.25, 0.3) is 16.7 Å².